The molecule has 0 saturated carbocycles. The molecule has 0 aromatic heterocycles. The first-order valence-corrected chi connectivity index (χ1v) is 6.43. The summed E-state index contributed by atoms with van der Waals surface area (Å²) in [5.74, 6) is 0.200. The first-order chi connectivity index (χ1) is 7.09. The van der Waals surface area contributed by atoms with Gasteiger partial charge in [-0.1, -0.05) is 0 Å². The molecule has 86 valence electrons. The van der Waals surface area contributed by atoms with E-state index in [9.17, 15) is 13.8 Å². The number of hydrogen-bond acceptors (Lipinski definition) is 3. The summed E-state index contributed by atoms with van der Waals surface area (Å²) in [4.78, 5) is 23.4. The lowest BCUT2D eigenvalue weighted by Gasteiger charge is -2.26. The van der Waals surface area contributed by atoms with Crippen molar-refractivity contribution in [3.05, 3.63) is 0 Å². The maximum Gasteiger partial charge on any atom is 0.303 e. The van der Waals surface area contributed by atoms with Crippen molar-refractivity contribution in [2.45, 2.75) is 19.3 Å². The van der Waals surface area contributed by atoms with E-state index < -0.39 is 16.8 Å². The van der Waals surface area contributed by atoms with Crippen LogP contribution in [0, 0.1) is 0 Å². The summed E-state index contributed by atoms with van der Waals surface area (Å²) >= 11 is 0. The van der Waals surface area contributed by atoms with Gasteiger partial charge in [-0.25, -0.2) is 0 Å². The number of nitrogens with zero attached hydrogens (tertiary/aromatic N) is 1. The monoisotopic (exact) mass is 233 g/mol. The Labute approximate surface area is 90.9 Å². The van der Waals surface area contributed by atoms with Gasteiger partial charge < -0.3 is 10.0 Å². The number of carbonyl (C=O) groups excluding carboxylic acids is 1. The number of aliphatic carboxylic acids is 1. The molecule has 0 unspecified atom stereocenters. The van der Waals surface area contributed by atoms with Gasteiger partial charge in [0.1, 0.15) is 0 Å². The van der Waals surface area contributed by atoms with Crippen LogP contribution < -0.4 is 0 Å². The molecule has 0 spiro atoms. The fourth-order valence-corrected chi connectivity index (χ4v) is 2.49. The van der Waals surface area contributed by atoms with Crippen LogP contribution >= 0.6 is 0 Å². The minimum absolute atomic E-state index is 0.0204. The molecule has 1 heterocycles. The highest BCUT2D eigenvalue weighted by atomic mass is 32.2. The van der Waals surface area contributed by atoms with E-state index in [1.165, 1.54) is 0 Å². The van der Waals surface area contributed by atoms with Gasteiger partial charge in [-0.15, -0.1) is 0 Å². The number of rotatable bonds is 4. The molecule has 1 N–H and O–H groups in total. The van der Waals surface area contributed by atoms with Crippen LogP contribution in [-0.2, 0) is 20.4 Å². The van der Waals surface area contributed by atoms with Crippen LogP contribution in [0.4, 0.5) is 0 Å². The average molecular weight is 233 g/mol. The van der Waals surface area contributed by atoms with Gasteiger partial charge in [-0.05, 0) is 6.42 Å². The highest BCUT2D eigenvalue weighted by Crippen LogP contribution is 2.05. The van der Waals surface area contributed by atoms with Gasteiger partial charge in [0.15, 0.2) is 0 Å². The zero-order chi connectivity index (χ0) is 11.3. The van der Waals surface area contributed by atoms with Crippen LogP contribution in [0.1, 0.15) is 19.3 Å². The molecule has 0 aromatic rings. The number of carboxylic acids is 1. The third-order valence-electron chi connectivity index (χ3n) is 2.31. The minimum atomic E-state index is -0.873. The van der Waals surface area contributed by atoms with E-state index in [4.69, 9.17) is 5.11 Å². The van der Waals surface area contributed by atoms with Crippen molar-refractivity contribution in [2.75, 3.05) is 24.6 Å². The smallest absolute Gasteiger partial charge is 0.303 e. The second-order valence-corrected chi connectivity index (χ2v) is 5.17. The first kappa shape index (κ1) is 12.2. The van der Waals surface area contributed by atoms with Crippen LogP contribution in [-0.4, -0.2) is 50.7 Å². The first-order valence-electron chi connectivity index (χ1n) is 4.94. The second kappa shape index (κ2) is 5.85. The van der Waals surface area contributed by atoms with Crippen LogP contribution in [0.2, 0.25) is 0 Å². The topological polar surface area (TPSA) is 74.7 Å². The van der Waals surface area contributed by atoms with E-state index in [-0.39, 0.29) is 18.7 Å². The van der Waals surface area contributed by atoms with Crippen molar-refractivity contribution in [2.24, 2.45) is 0 Å². The fraction of sp³-hybridized carbons (Fsp3) is 0.778. The van der Waals surface area contributed by atoms with Gasteiger partial charge in [0.25, 0.3) is 0 Å². The highest BCUT2D eigenvalue weighted by Gasteiger charge is 2.19. The Hall–Kier alpha value is -0.910. The summed E-state index contributed by atoms with van der Waals surface area (Å²) in [7, 11) is -0.778. The molecule has 0 bridgehead atoms. The standard InChI is InChI=1S/C9H15NO4S/c11-8(2-1-3-9(12)13)10-4-6-15(14)7-5-10/h1-7H2,(H,12,13). The van der Waals surface area contributed by atoms with Gasteiger partial charge >= 0.3 is 5.97 Å². The largest absolute Gasteiger partial charge is 0.481 e. The summed E-state index contributed by atoms with van der Waals surface area (Å²) < 4.78 is 11.0. The van der Waals surface area contributed by atoms with Gasteiger partial charge in [-0.2, -0.15) is 0 Å². The van der Waals surface area contributed by atoms with Crippen molar-refractivity contribution in [1.29, 1.82) is 0 Å². The minimum Gasteiger partial charge on any atom is -0.481 e. The maximum atomic E-state index is 11.5. The van der Waals surface area contributed by atoms with Crippen LogP contribution in [0.25, 0.3) is 0 Å². The molecule has 1 amide bonds. The molecule has 0 aromatic carbocycles. The lowest BCUT2D eigenvalue weighted by Crippen LogP contribution is -2.41. The molecule has 15 heavy (non-hydrogen) atoms. The van der Waals surface area contributed by atoms with Crippen molar-refractivity contribution in [1.82, 2.24) is 4.90 Å². The average Bonchev–Trinajstić information content (AvgIpc) is 2.18. The molecule has 1 saturated heterocycles. The molecule has 1 fully saturated rings. The summed E-state index contributed by atoms with van der Waals surface area (Å²) in [6.45, 7) is 1.08. The Morgan fingerprint density at radius 1 is 1.20 bits per heavy atom. The zero-order valence-electron chi connectivity index (χ0n) is 8.48. The SMILES string of the molecule is O=C(O)CCCC(=O)N1CCS(=O)CC1. The van der Waals surface area contributed by atoms with E-state index in [2.05, 4.69) is 0 Å². The van der Waals surface area contributed by atoms with Crippen LogP contribution in [0.3, 0.4) is 0 Å². The normalized spacial score (nSPS) is 17.7. The molecule has 1 aliphatic rings. The van der Waals surface area contributed by atoms with Crippen molar-refractivity contribution < 1.29 is 18.9 Å². The number of amides is 1. The predicted molar refractivity (Wildman–Crippen MR) is 55.9 cm³/mol. The quantitative estimate of drug-likeness (QED) is 0.731. The van der Waals surface area contributed by atoms with Gasteiger partial charge in [0, 0.05) is 48.2 Å². The Bertz CT molecular complexity index is 269. The highest BCUT2D eigenvalue weighted by molar-refractivity contribution is 7.85. The number of carboxylic acid groups (broad SMARTS) is 1. The number of carbonyl (C=O) groups is 2. The molecule has 1 aliphatic heterocycles. The lowest BCUT2D eigenvalue weighted by atomic mass is 10.2. The van der Waals surface area contributed by atoms with E-state index in [0.29, 0.717) is 31.0 Å². The lowest BCUT2D eigenvalue weighted by molar-refractivity contribution is -0.137. The third kappa shape index (κ3) is 4.42. The zero-order valence-corrected chi connectivity index (χ0v) is 9.29. The maximum absolute atomic E-state index is 11.5. The molecule has 0 radical (unpaired) electrons. The molecular weight excluding hydrogens is 218 g/mol. The van der Waals surface area contributed by atoms with Crippen LogP contribution in [0.5, 0.6) is 0 Å². The Kier molecular flexibility index (Phi) is 4.74. The Morgan fingerprint density at radius 3 is 2.33 bits per heavy atom. The van der Waals surface area contributed by atoms with Gasteiger partial charge in [0.05, 0.1) is 0 Å². The van der Waals surface area contributed by atoms with E-state index in [1.807, 2.05) is 0 Å². The van der Waals surface area contributed by atoms with Crippen molar-refractivity contribution in [3.8, 4) is 0 Å². The third-order valence-corrected chi connectivity index (χ3v) is 3.59. The molecule has 0 atom stereocenters. The summed E-state index contributed by atoms with van der Waals surface area (Å²) in [5.41, 5.74) is 0. The van der Waals surface area contributed by atoms with Crippen molar-refractivity contribution in [3.63, 3.8) is 0 Å². The van der Waals surface area contributed by atoms with Crippen molar-refractivity contribution >= 4 is 22.7 Å². The predicted octanol–water partition coefficient (Wildman–Crippen LogP) is -0.168. The molecule has 5 nitrogen and oxygen atoms in total. The Balaban J connectivity index is 2.22. The van der Waals surface area contributed by atoms with E-state index in [0.717, 1.165) is 0 Å². The summed E-state index contributed by atoms with van der Waals surface area (Å²) in [5, 5.41) is 8.41. The molecular formula is C9H15NO4S. The molecule has 0 aliphatic carbocycles. The summed E-state index contributed by atoms with van der Waals surface area (Å²) in [6.07, 6.45) is 0.693. The Morgan fingerprint density at radius 2 is 1.80 bits per heavy atom. The molecule has 1 rings (SSSR count). The second-order valence-electron chi connectivity index (χ2n) is 3.48. The van der Waals surface area contributed by atoms with Gasteiger partial charge in [0.2, 0.25) is 5.91 Å². The van der Waals surface area contributed by atoms with E-state index in [1.54, 1.807) is 4.90 Å². The fourth-order valence-electron chi connectivity index (χ4n) is 1.44. The van der Waals surface area contributed by atoms with Crippen LogP contribution in [0.15, 0.2) is 0 Å². The molecule has 6 heteroatoms. The number of hydrogen-bond donors (Lipinski definition) is 1. The summed E-state index contributed by atoms with van der Waals surface area (Å²) in [6, 6.07) is 0. The van der Waals surface area contributed by atoms with E-state index >= 15 is 0 Å². The van der Waals surface area contributed by atoms with Gasteiger partial charge in [-0.3, -0.25) is 13.8 Å².